The molecule has 3 nitrogen and oxygen atoms in total. The molecule has 0 fully saturated rings. The van der Waals surface area contributed by atoms with Crippen LogP contribution in [-0.2, 0) is 14.9 Å². The molecule has 1 N–H and O–H groups in total. The Kier molecular flexibility index (Phi) is 6.32. The molecule has 0 aromatic heterocycles. The van der Waals surface area contributed by atoms with Gasteiger partial charge in [-0.2, -0.15) is 0 Å². The van der Waals surface area contributed by atoms with E-state index in [9.17, 15) is 4.79 Å². The molecule has 0 saturated heterocycles. The quantitative estimate of drug-likeness (QED) is 0.782. The van der Waals surface area contributed by atoms with Crippen molar-refractivity contribution in [3.8, 4) is 0 Å². The van der Waals surface area contributed by atoms with Crippen LogP contribution < -0.4 is 5.32 Å². The Morgan fingerprint density at radius 3 is 2.53 bits per heavy atom. The van der Waals surface area contributed by atoms with Crippen molar-refractivity contribution in [2.75, 3.05) is 19.6 Å². The van der Waals surface area contributed by atoms with Gasteiger partial charge in [-0.1, -0.05) is 30.3 Å². The molecule has 1 aromatic rings. The molecule has 0 radical (unpaired) electrons. The number of carbonyl (C=O) groups is 1. The molecule has 4 heteroatoms. The molecule has 1 rings (SSSR count). The Labute approximate surface area is 120 Å². The Bertz CT molecular complexity index is 386. The Balaban J connectivity index is 2.75. The van der Waals surface area contributed by atoms with Gasteiger partial charge in [0.2, 0.25) is 5.91 Å². The number of methoxy groups -OCH3 is 1. The van der Waals surface area contributed by atoms with Crippen LogP contribution in [0.1, 0.15) is 25.8 Å². The van der Waals surface area contributed by atoms with E-state index in [1.165, 1.54) is 0 Å². The molecule has 0 heterocycles. The second-order valence-electron chi connectivity index (χ2n) is 5.09. The van der Waals surface area contributed by atoms with Crippen molar-refractivity contribution < 1.29 is 9.53 Å². The highest BCUT2D eigenvalue weighted by Crippen LogP contribution is 2.23. The number of amides is 1. The molecule has 0 spiro atoms. The lowest BCUT2D eigenvalue weighted by Crippen LogP contribution is -2.47. The number of halogens is 1. The summed E-state index contributed by atoms with van der Waals surface area (Å²) in [6.07, 6.45) is 0.700. The summed E-state index contributed by atoms with van der Waals surface area (Å²) in [5.74, 6) is 0.492. The molecule has 0 aliphatic rings. The maximum atomic E-state index is 12.4. The number of hydrogen-bond donors (Lipinski definition) is 1. The Hall–Kier alpha value is -1.06. The summed E-state index contributed by atoms with van der Waals surface area (Å²) >= 11 is 5.74. The topological polar surface area (TPSA) is 38.3 Å². The summed E-state index contributed by atoms with van der Waals surface area (Å²) in [5, 5.41) is 3.01. The van der Waals surface area contributed by atoms with Crippen molar-refractivity contribution in [1.82, 2.24) is 5.32 Å². The average Bonchev–Trinajstić information content (AvgIpc) is 2.40. The third-order valence-electron chi connectivity index (χ3n) is 3.22. The fourth-order valence-electron chi connectivity index (χ4n) is 1.88. The normalized spacial score (nSPS) is 13.1. The van der Waals surface area contributed by atoms with Crippen molar-refractivity contribution in [3.05, 3.63) is 35.9 Å². The Morgan fingerprint density at radius 1 is 1.37 bits per heavy atom. The van der Waals surface area contributed by atoms with Crippen molar-refractivity contribution in [2.24, 2.45) is 0 Å². The third-order valence-corrected chi connectivity index (χ3v) is 3.44. The number of alkyl halides is 1. The summed E-state index contributed by atoms with van der Waals surface area (Å²) in [6, 6.07) is 9.71. The Morgan fingerprint density at radius 2 is 2.00 bits per heavy atom. The van der Waals surface area contributed by atoms with Crippen molar-refractivity contribution in [3.63, 3.8) is 0 Å². The summed E-state index contributed by atoms with van der Waals surface area (Å²) < 4.78 is 5.10. The predicted molar refractivity (Wildman–Crippen MR) is 78.6 cm³/mol. The number of benzene rings is 1. The van der Waals surface area contributed by atoms with E-state index >= 15 is 0 Å². The van der Waals surface area contributed by atoms with Crippen LogP contribution in [0.4, 0.5) is 0 Å². The average molecular weight is 284 g/mol. The second-order valence-corrected chi connectivity index (χ2v) is 5.47. The van der Waals surface area contributed by atoms with Gasteiger partial charge in [0.25, 0.3) is 0 Å². The standard InChI is InChI=1S/C15H22ClNO2/c1-15(2,12-7-5-4-6-8-12)14(18)17-13(9-10-16)11-19-3/h4-8,13H,9-11H2,1-3H3,(H,17,18). The van der Waals surface area contributed by atoms with Crippen LogP contribution in [0.25, 0.3) is 0 Å². The smallest absolute Gasteiger partial charge is 0.230 e. The monoisotopic (exact) mass is 283 g/mol. The maximum absolute atomic E-state index is 12.4. The van der Waals surface area contributed by atoms with Crippen LogP contribution in [0.5, 0.6) is 0 Å². The fraction of sp³-hybridized carbons (Fsp3) is 0.533. The van der Waals surface area contributed by atoms with Gasteiger partial charge < -0.3 is 10.1 Å². The van der Waals surface area contributed by atoms with E-state index in [2.05, 4.69) is 5.32 Å². The first kappa shape index (κ1) is 16.0. The molecule has 1 atom stereocenters. The number of carbonyl (C=O) groups excluding carboxylic acids is 1. The zero-order valence-corrected chi connectivity index (χ0v) is 12.5. The van der Waals surface area contributed by atoms with Gasteiger partial charge in [-0.15, -0.1) is 11.6 Å². The van der Waals surface area contributed by atoms with Gasteiger partial charge in [0.15, 0.2) is 0 Å². The van der Waals surface area contributed by atoms with Crippen LogP contribution in [0, 0.1) is 0 Å². The third kappa shape index (κ3) is 4.51. The number of rotatable bonds is 7. The molecule has 1 unspecified atom stereocenters. The van der Waals surface area contributed by atoms with Crippen LogP contribution in [0.2, 0.25) is 0 Å². The van der Waals surface area contributed by atoms with E-state index in [1.807, 2.05) is 44.2 Å². The lowest BCUT2D eigenvalue weighted by Gasteiger charge is -2.27. The van der Waals surface area contributed by atoms with Gasteiger partial charge in [-0.05, 0) is 25.8 Å². The lowest BCUT2D eigenvalue weighted by atomic mass is 9.83. The molecular formula is C15H22ClNO2. The number of nitrogens with one attached hydrogen (secondary N) is 1. The molecule has 106 valence electrons. The van der Waals surface area contributed by atoms with E-state index in [-0.39, 0.29) is 11.9 Å². The highest BCUT2D eigenvalue weighted by molar-refractivity contribution is 6.17. The molecule has 1 amide bonds. The van der Waals surface area contributed by atoms with Crippen LogP contribution >= 0.6 is 11.6 Å². The van der Waals surface area contributed by atoms with Gasteiger partial charge >= 0.3 is 0 Å². The summed E-state index contributed by atoms with van der Waals surface area (Å²) in [4.78, 5) is 12.4. The second kappa shape index (κ2) is 7.51. The van der Waals surface area contributed by atoms with Crippen LogP contribution in [0.15, 0.2) is 30.3 Å². The molecular weight excluding hydrogens is 262 g/mol. The first-order valence-electron chi connectivity index (χ1n) is 6.43. The first-order chi connectivity index (χ1) is 9.02. The number of hydrogen-bond acceptors (Lipinski definition) is 2. The fourth-order valence-corrected chi connectivity index (χ4v) is 2.15. The van der Waals surface area contributed by atoms with Gasteiger partial charge in [0.1, 0.15) is 0 Å². The van der Waals surface area contributed by atoms with Gasteiger partial charge in [-0.3, -0.25) is 4.79 Å². The van der Waals surface area contributed by atoms with Gasteiger partial charge in [0, 0.05) is 13.0 Å². The molecule has 19 heavy (non-hydrogen) atoms. The molecule has 0 aliphatic carbocycles. The van der Waals surface area contributed by atoms with Crippen molar-refractivity contribution in [1.29, 1.82) is 0 Å². The largest absolute Gasteiger partial charge is 0.383 e. The van der Waals surface area contributed by atoms with Crippen LogP contribution in [-0.4, -0.2) is 31.5 Å². The van der Waals surface area contributed by atoms with Crippen molar-refractivity contribution >= 4 is 17.5 Å². The van der Waals surface area contributed by atoms with E-state index in [1.54, 1.807) is 7.11 Å². The minimum atomic E-state index is -0.570. The molecule has 0 aliphatic heterocycles. The van der Waals surface area contributed by atoms with E-state index < -0.39 is 5.41 Å². The molecule has 0 bridgehead atoms. The summed E-state index contributed by atoms with van der Waals surface area (Å²) in [5.41, 5.74) is 0.425. The first-order valence-corrected chi connectivity index (χ1v) is 6.97. The minimum absolute atomic E-state index is 0.00846. The predicted octanol–water partition coefficient (Wildman–Crippen LogP) is 2.72. The zero-order valence-electron chi connectivity index (χ0n) is 11.8. The lowest BCUT2D eigenvalue weighted by molar-refractivity contribution is -0.126. The summed E-state index contributed by atoms with van der Waals surface area (Å²) in [7, 11) is 1.62. The highest BCUT2D eigenvalue weighted by atomic mass is 35.5. The van der Waals surface area contributed by atoms with Crippen molar-refractivity contribution in [2.45, 2.75) is 31.7 Å². The number of ether oxygens (including phenoxy) is 1. The SMILES string of the molecule is COCC(CCCl)NC(=O)C(C)(C)c1ccccc1. The molecule has 1 aromatic carbocycles. The van der Waals surface area contributed by atoms with E-state index in [0.29, 0.717) is 18.9 Å². The summed E-state index contributed by atoms with van der Waals surface area (Å²) in [6.45, 7) is 4.31. The van der Waals surface area contributed by atoms with E-state index in [4.69, 9.17) is 16.3 Å². The van der Waals surface area contributed by atoms with Gasteiger partial charge in [0.05, 0.1) is 18.1 Å². The zero-order chi connectivity index (χ0) is 14.3. The minimum Gasteiger partial charge on any atom is -0.383 e. The highest BCUT2D eigenvalue weighted by Gasteiger charge is 2.30. The maximum Gasteiger partial charge on any atom is 0.230 e. The van der Waals surface area contributed by atoms with Gasteiger partial charge in [-0.25, -0.2) is 0 Å². The van der Waals surface area contributed by atoms with Crippen LogP contribution in [0.3, 0.4) is 0 Å². The molecule has 0 saturated carbocycles. The van der Waals surface area contributed by atoms with E-state index in [0.717, 1.165) is 5.56 Å².